The number of phenolic OH excluding ortho intramolecular Hbond substituents is 1. The lowest BCUT2D eigenvalue weighted by molar-refractivity contribution is -0.123. The Labute approximate surface area is 146 Å². The lowest BCUT2D eigenvalue weighted by Gasteiger charge is -2.16. The maximum atomic E-state index is 12.4. The maximum Gasteiger partial charge on any atom is 0.342 e. The molecule has 1 aliphatic rings. The van der Waals surface area contributed by atoms with Crippen molar-refractivity contribution < 1.29 is 29.6 Å². The molecule has 0 aliphatic carbocycles. The molecule has 0 saturated carbocycles. The molecule has 1 aliphatic heterocycles. The third-order valence-electron chi connectivity index (χ3n) is 3.85. The zero-order chi connectivity index (χ0) is 18.6. The molecule has 1 unspecified atom stereocenters. The highest BCUT2D eigenvalue weighted by molar-refractivity contribution is 5.97. The molecule has 0 radical (unpaired) electrons. The minimum atomic E-state index is -1.32. The summed E-state index contributed by atoms with van der Waals surface area (Å²) in [7, 11) is 0. The van der Waals surface area contributed by atoms with Crippen molar-refractivity contribution in [2.75, 3.05) is 0 Å². The van der Waals surface area contributed by atoms with Crippen molar-refractivity contribution in [3.8, 4) is 5.75 Å². The molecule has 0 amide bonds. The molecule has 1 aromatic carbocycles. The molecule has 6 heteroatoms. The van der Waals surface area contributed by atoms with Gasteiger partial charge in [-0.05, 0) is 37.1 Å². The average Bonchev–Trinajstić information content (AvgIpc) is 2.51. The number of rotatable bonds is 0. The lowest BCUT2D eigenvalue weighted by atomic mass is 10.0. The van der Waals surface area contributed by atoms with Crippen LogP contribution in [-0.4, -0.2) is 45.4 Å². The molecule has 0 saturated heterocycles. The van der Waals surface area contributed by atoms with Crippen LogP contribution in [0.15, 0.2) is 30.4 Å². The van der Waals surface area contributed by atoms with Crippen molar-refractivity contribution in [1.82, 2.24) is 0 Å². The first-order valence-electron chi connectivity index (χ1n) is 8.07. The molecule has 3 atom stereocenters. The number of aliphatic hydroxyl groups is 2. The number of ether oxygens (including phenoxy) is 1. The van der Waals surface area contributed by atoms with E-state index in [1.807, 2.05) is 0 Å². The van der Waals surface area contributed by atoms with Crippen LogP contribution in [0.4, 0.5) is 0 Å². The van der Waals surface area contributed by atoms with Crippen molar-refractivity contribution in [1.29, 1.82) is 0 Å². The van der Waals surface area contributed by atoms with E-state index in [1.165, 1.54) is 30.4 Å². The van der Waals surface area contributed by atoms with Crippen LogP contribution in [0.1, 0.15) is 41.3 Å². The number of carbonyl (C=O) groups excluding carboxylic acids is 2. The minimum Gasteiger partial charge on any atom is -0.507 e. The molecular formula is C19H22O6. The number of esters is 1. The van der Waals surface area contributed by atoms with Gasteiger partial charge in [0, 0.05) is 12.8 Å². The SMILES string of the molecule is Cc1cc(O)c2c(c1)/C=C/C(O)C[C@H](O)C(=O)/C=C\C[C@H](C)OC2=O. The second-order valence-electron chi connectivity index (χ2n) is 6.18. The van der Waals surface area contributed by atoms with Crippen molar-refractivity contribution in [2.24, 2.45) is 0 Å². The fourth-order valence-electron chi connectivity index (χ4n) is 2.56. The Morgan fingerprint density at radius 1 is 1.16 bits per heavy atom. The van der Waals surface area contributed by atoms with Crippen LogP contribution in [-0.2, 0) is 9.53 Å². The van der Waals surface area contributed by atoms with Gasteiger partial charge in [-0.3, -0.25) is 4.79 Å². The third kappa shape index (κ3) is 5.01. The molecule has 0 aromatic heterocycles. The Morgan fingerprint density at radius 2 is 1.88 bits per heavy atom. The largest absolute Gasteiger partial charge is 0.507 e. The topological polar surface area (TPSA) is 104 Å². The summed E-state index contributed by atoms with van der Waals surface area (Å²) in [6, 6.07) is 3.14. The molecule has 0 spiro atoms. The zero-order valence-electron chi connectivity index (χ0n) is 14.2. The fourth-order valence-corrected chi connectivity index (χ4v) is 2.56. The van der Waals surface area contributed by atoms with E-state index < -0.39 is 30.1 Å². The predicted molar refractivity (Wildman–Crippen MR) is 92.1 cm³/mol. The third-order valence-corrected chi connectivity index (χ3v) is 3.85. The number of benzene rings is 1. The van der Waals surface area contributed by atoms with Crippen molar-refractivity contribution >= 4 is 17.8 Å². The van der Waals surface area contributed by atoms with Gasteiger partial charge in [-0.2, -0.15) is 0 Å². The highest BCUT2D eigenvalue weighted by Crippen LogP contribution is 2.26. The fraction of sp³-hybridized carbons (Fsp3) is 0.368. The normalized spacial score (nSPS) is 27.8. The number of ketones is 1. The number of aryl methyl sites for hydroxylation is 1. The zero-order valence-corrected chi connectivity index (χ0v) is 14.2. The van der Waals surface area contributed by atoms with Crippen LogP contribution in [0.3, 0.4) is 0 Å². The first-order chi connectivity index (χ1) is 11.8. The monoisotopic (exact) mass is 346 g/mol. The number of fused-ring (bicyclic) bond motifs is 1. The van der Waals surface area contributed by atoms with Gasteiger partial charge in [0.2, 0.25) is 0 Å². The van der Waals surface area contributed by atoms with Crippen molar-refractivity contribution in [3.63, 3.8) is 0 Å². The second kappa shape index (κ2) is 8.09. The van der Waals surface area contributed by atoms with Gasteiger partial charge in [0.15, 0.2) is 5.78 Å². The van der Waals surface area contributed by atoms with Crippen LogP contribution in [0.2, 0.25) is 0 Å². The molecule has 0 bridgehead atoms. The summed E-state index contributed by atoms with van der Waals surface area (Å²) in [5.74, 6) is -1.41. The van der Waals surface area contributed by atoms with Crippen LogP contribution >= 0.6 is 0 Å². The number of phenols is 1. The summed E-state index contributed by atoms with van der Waals surface area (Å²) in [5, 5.41) is 30.0. The molecule has 3 N–H and O–H groups in total. The van der Waals surface area contributed by atoms with Crippen LogP contribution in [0, 0.1) is 6.92 Å². The van der Waals surface area contributed by atoms with E-state index in [-0.39, 0.29) is 24.2 Å². The Balaban J connectivity index is 2.44. The summed E-state index contributed by atoms with van der Waals surface area (Å²) in [5.41, 5.74) is 1.14. The Morgan fingerprint density at radius 3 is 2.60 bits per heavy atom. The standard InChI is InChI=1S/C19H22O6/c1-11-8-13-6-7-14(20)10-16(22)15(21)5-3-4-12(2)25-19(24)18(13)17(23)9-11/h3,5-9,12,14,16,20,22-23H,4,10H2,1-2H3/b5-3-,7-6+/t12-,14?,16-/m0/s1. The molecule has 6 nitrogen and oxygen atoms in total. The van der Waals surface area contributed by atoms with Gasteiger partial charge in [-0.25, -0.2) is 4.79 Å². The van der Waals surface area contributed by atoms with E-state index in [1.54, 1.807) is 19.9 Å². The van der Waals surface area contributed by atoms with E-state index in [2.05, 4.69) is 0 Å². The predicted octanol–water partition coefficient (Wildman–Crippen LogP) is 1.90. The van der Waals surface area contributed by atoms with Gasteiger partial charge in [-0.1, -0.05) is 24.3 Å². The number of aromatic hydroxyl groups is 1. The summed E-state index contributed by atoms with van der Waals surface area (Å²) >= 11 is 0. The smallest absolute Gasteiger partial charge is 0.342 e. The number of hydrogen-bond acceptors (Lipinski definition) is 6. The van der Waals surface area contributed by atoms with E-state index in [4.69, 9.17) is 4.74 Å². The van der Waals surface area contributed by atoms with E-state index in [0.29, 0.717) is 5.56 Å². The first kappa shape index (κ1) is 18.9. The van der Waals surface area contributed by atoms with Gasteiger partial charge in [0.25, 0.3) is 0 Å². The lowest BCUT2D eigenvalue weighted by Crippen LogP contribution is -2.24. The minimum absolute atomic E-state index is 0.0126. The van der Waals surface area contributed by atoms with Crippen LogP contribution in [0.25, 0.3) is 6.08 Å². The number of hydrogen-bond donors (Lipinski definition) is 3. The number of carbonyl (C=O) groups is 2. The maximum absolute atomic E-state index is 12.4. The first-order valence-corrected chi connectivity index (χ1v) is 8.07. The number of aliphatic hydroxyl groups excluding tert-OH is 2. The van der Waals surface area contributed by atoms with Crippen LogP contribution < -0.4 is 0 Å². The highest BCUT2D eigenvalue weighted by Gasteiger charge is 2.21. The van der Waals surface area contributed by atoms with Crippen molar-refractivity contribution in [3.05, 3.63) is 47.1 Å². The molecule has 25 heavy (non-hydrogen) atoms. The molecule has 0 fully saturated rings. The summed E-state index contributed by atoms with van der Waals surface area (Å²) in [6.45, 7) is 3.43. The van der Waals surface area contributed by atoms with E-state index in [9.17, 15) is 24.9 Å². The highest BCUT2D eigenvalue weighted by atomic mass is 16.5. The van der Waals surface area contributed by atoms with Crippen LogP contribution in [0.5, 0.6) is 5.75 Å². The molecule has 134 valence electrons. The molecular weight excluding hydrogens is 324 g/mol. The number of cyclic esters (lactones) is 1. The van der Waals surface area contributed by atoms with Gasteiger partial charge in [0.1, 0.15) is 23.5 Å². The second-order valence-corrected chi connectivity index (χ2v) is 6.18. The van der Waals surface area contributed by atoms with Gasteiger partial charge in [-0.15, -0.1) is 0 Å². The summed E-state index contributed by atoms with van der Waals surface area (Å²) < 4.78 is 5.31. The van der Waals surface area contributed by atoms with Gasteiger partial charge < -0.3 is 20.1 Å². The summed E-state index contributed by atoms with van der Waals surface area (Å²) in [6.07, 6.45) is 2.76. The van der Waals surface area contributed by atoms with E-state index >= 15 is 0 Å². The van der Waals surface area contributed by atoms with Gasteiger partial charge >= 0.3 is 5.97 Å². The Hall–Kier alpha value is -2.44. The molecule has 1 heterocycles. The molecule has 1 aromatic rings. The quantitative estimate of drug-likeness (QED) is 0.620. The van der Waals surface area contributed by atoms with Crippen molar-refractivity contribution in [2.45, 2.75) is 45.0 Å². The Bertz CT molecular complexity index is 719. The molecule has 2 rings (SSSR count). The summed E-state index contributed by atoms with van der Waals surface area (Å²) in [4.78, 5) is 24.2. The average molecular weight is 346 g/mol. The van der Waals surface area contributed by atoms with Gasteiger partial charge in [0.05, 0.1) is 6.10 Å². The van der Waals surface area contributed by atoms with E-state index in [0.717, 1.165) is 5.56 Å². The Kier molecular flexibility index (Phi) is 6.12.